The molecule has 1 aliphatic rings. The lowest BCUT2D eigenvalue weighted by molar-refractivity contribution is -0.138. The van der Waals surface area contributed by atoms with Gasteiger partial charge in [0, 0.05) is 18.7 Å². The highest BCUT2D eigenvalue weighted by Crippen LogP contribution is 2.35. The third kappa shape index (κ3) is 3.52. The van der Waals surface area contributed by atoms with Crippen molar-refractivity contribution in [3.05, 3.63) is 35.4 Å². The molecule has 1 aromatic rings. The Morgan fingerprint density at radius 1 is 1.30 bits per heavy atom. The molecule has 0 heterocycles. The van der Waals surface area contributed by atoms with E-state index in [0.717, 1.165) is 18.9 Å². The molecule has 0 amide bonds. The highest BCUT2D eigenvalue weighted by Gasteiger charge is 2.36. The van der Waals surface area contributed by atoms with Crippen LogP contribution < -0.4 is 5.32 Å². The first kappa shape index (κ1) is 15.3. The molecular formula is C15H20F3NO. The quantitative estimate of drug-likeness (QED) is 0.886. The van der Waals surface area contributed by atoms with E-state index in [1.54, 1.807) is 19.1 Å². The summed E-state index contributed by atoms with van der Waals surface area (Å²) in [6, 6.07) is 5.67. The molecule has 1 fully saturated rings. The van der Waals surface area contributed by atoms with Crippen molar-refractivity contribution in [2.24, 2.45) is 0 Å². The van der Waals surface area contributed by atoms with Crippen LogP contribution >= 0.6 is 0 Å². The van der Waals surface area contributed by atoms with Gasteiger partial charge in [0.1, 0.15) is 0 Å². The first-order valence-electron chi connectivity index (χ1n) is 6.95. The lowest BCUT2D eigenvalue weighted by atomic mass is 9.87. The summed E-state index contributed by atoms with van der Waals surface area (Å²) in [7, 11) is 0. The van der Waals surface area contributed by atoms with Crippen molar-refractivity contribution in [2.75, 3.05) is 6.61 Å². The lowest BCUT2D eigenvalue weighted by Gasteiger charge is -2.37. The van der Waals surface area contributed by atoms with Crippen LogP contribution in [0.25, 0.3) is 0 Å². The highest BCUT2D eigenvalue weighted by molar-refractivity contribution is 5.32. The summed E-state index contributed by atoms with van der Waals surface area (Å²) in [5.74, 6) is 0. The maximum Gasteiger partial charge on any atom is 0.416 e. The fourth-order valence-electron chi connectivity index (χ4n) is 2.65. The van der Waals surface area contributed by atoms with Crippen LogP contribution in [-0.2, 0) is 10.9 Å². The molecule has 112 valence electrons. The predicted octanol–water partition coefficient (Wildman–Crippen LogP) is 3.92. The van der Waals surface area contributed by atoms with Crippen LogP contribution in [-0.4, -0.2) is 18.8 Å². The summed E-state index contributed by atoms with van der Waals surface area (Å²) in [5.41, 5.74) is -0.249. The Labute approximate surface area is 117 Å². The second-order valence-electron chi connectivity index (χ2n) is 5.22. The normalized spacial score (nSPS) is 24.2. The van der Waals surface area contributed by atoms with Crippen LogP contribution in [0.2, 0.25) is 0 Å². The molecule has 1 aliphatic carbocycles. The van der Waals surface area contributed by atoms with E-state index in [0.29, 0.717) is 12.2 Å². The molecule has 0 spiro atoms. The third-order valence-electron chi connectivity index (χ3n) is 3.72. The molecule has 0 aliphatic heterocycles. The second kappa shape index (κ2) is 6.14. The predicted molar refractivity (Wildman–Crippen MR) is 71.4 cm³/mol. The first-order chi connectivity index (χ1) is 9.41. The fourth-order valence-corrected chi connectivity index (χ4v) is 2.65. The van der Waals surface area contributed by atoms with Crippen molar-refractivity contribution in [1.82, 2.24) is 5.32 Å². The number of nitrogens with one attached hydrogen (secondary N) is 1. The molecule has 2 rings (SSSR count). The molecule has 0 saturated heterocycles. The summed E-state index contributed by atoms with van der Waals surface area (Å²) in [6.45, 7) is 4.41. The lowest BCUT2D eigenvalue weighted by Crippen LogP contribution is -2.46. The Morgan fingerprint density at radius 3 is 2.55 bits per heavy atom. The number of halogens is 3. The van der Waals surface area contributed by atoms with Gasteiger partial charge in [0.2, 0.25) is 0 Å². The van der Waals surface area contributed by atoms with Crippen molar-refractivity contribution in [3.8, 4) is 0 Å². The van der Waals surface area contributed by atoms with E-state index in [1.165, 1.54) is 6.07 Å². The van der Waals surface area contributed by atoms with Crippen LogP contribution in [0.3, 0.4) is 0 Å². The SMILES string of the molecule is CCOC1CC(NC(C)c2ccccc2C(F)(F)F)C1. The van der Waals surface area contributed by atoms with E-state index in [1.807, 2.05) is 6.92 Å². The Balaban J connectivity index is 1.98. The molecule has 1 atom stereocenters. The van der Waals surface area contributed by atoms with Gasteiger partial charge in [-0.25, -0.2) is 0 Å². The summed E-state index contributed by atoms with van der Waals surface area (Å²) in [5, 5.41) is 3.25. The number of hydrogen-bond donors (Lipinski definition) is 1. The van der Waals surface area contributed by atoms with Gasteiger partial charge < -0.3 is 10.1 Å². The summed E-state index contributed by atoms with van der Waals surface area (Å²) < 4.78 is 44.3. The van der Waals surface area contributed by atoms with E-state index in [9.17, 15) is 13.2 Å². The Kier molecular flexibility index (Phi) is 4.70. The van der Waals surface area contributed by atoms with Gasteiger partial charge in [-0.15, -0.1) is 0 Å². The number of hydrogen-bond acceptors (Lipinski definition) is 2. The summed E-state index contributed by atoms with van der Waals surface area (Å²) in [6.07, 6.45) is -2.32. The average molecular weight is 287 g/mol. The van der Waals surface area contributed by atoms with E-state index in [-0.39, 0.29) is 18.2 Å². The van der Waals surface area contributed by atoms with Crippen molar-refractivity contribution < 1.29 is 17.9 Å². The molecule has 0 aromatic heterocycles. The van der Waals surface area contributed by atoms with Crippen molar-refractivity contribution in [1.29, 1.82) is 0 Å². The smallest absolute Gasteiger partial charge is 0.378 e. The van der Waals surface area contributed by atoms with Gasteiger partial charge >= 0.3 is 6.18 Å². The molecular weight excluding hydrogens is 267 g/mol. The molecule has 0 bridgehead atoms. The number of ether oxygens (including phenoxy) is 1. The molecule has 1 N–H and O–H groups in total. The molecule has 1 unspecified atom stereocenters. The highest BCUT2D eigenvalue weighted by atomic mass is 19.4. The Bertz CT molecular complexity index is 441. The largest absolute Gasteiger partial charge is 0.416 e. The number of alkyl halides is 3. The van der Waals surface area contributed by atoms with Crippen LogP contribution in [0, 0.1) is 0 Å². The zero-order chi connectivity index (χ0) is 14.8. The Hall–Kier alpha value is -1.07. The minimum atomic E-state index is -4.31. The van der Waals surface area contributed by atoms with Gasteiger partial charge in [0.15, 0.2) is 0 Å². The van der Waals surface area contributed by atoms with Gasteiger partial charge in [-0.1, -0.05) is 18.2 Å². The zero-order valence-corrected chi connectivity index (χ0v) is 11.7. The van der Waals surface area contributed by atoms with Crippen LogP contribution in [0.1, 0.15) is 43.9 Å². The monoisotopic (exact) mass is 287 g/mol. The van der Waals surface area contributed by atoms with E-state index in [4.69, 9.17) is 4.74 Å². The van der Waals surface area contributed by atoms with Gasteiger partial charge in [0.25, 0.3) is 0 Å². The molecule has 1 saturated carbocycles. The molecule has 0 radical (unpaired) electrons. The van der Waals surface area contributed by atoms with Crippen molar-refractivity contribution in [2.45, 2.75) is 51.1 Å². The number of rotatable bonds is 5. The minimum absolute atomic E-state index is 0.239. The Morgan fingerprint density at radius 2 is 1.95 bits per heavy atom. The first-order valence-corrected chi connectivity index (χ1v) is 6.95. The molecule has 5 heteroatoms. The van der Waals surface area contributed by atoms with E-state index in [2.05, 4.69) is 5.32 Å². The summed E-state index contributed by atoms with van der Waals surface area (Å²) in [4.78, 5) is 0. The standard InChI is InChI=1S/C15H20F3NO/c1-3-20-12-8-11(9-12)19-10(2)13-6-4-5-7-14(13)15(16,17)18/h4-7,10-12,19H,3,8-9H2,1-2H3. The maximum absolute atomic E-state index is 13.0. The molecule has 1 aromatic carbocycles. The zero-order valence-electron chi connectivity index (χ0n) is 11.7. The average Bonchev–Trinajstić information content (AvgIpc) is 2.35. The minimum Gasteiger partial charge on any atom is -0.378 e. The van der Waals surface area contributed by atoms with Gasteiger partial charge in [-0.2, -0.15) is 13.2 Å². The van der Waals surface area contributed by atoms with E-state index < -0.39 is 11.7 Å². The van der Waals surface area contributed by atoms with Crippen molar-refractivity contribution >= 4 is 0 Å². The topological polar surface area (TPSA) is 21.3 Å². The van der Waals surface area contributed by atoms with Gasteiger partial charge in [0.05, 0.1) is 11.7 Å². The summed E-state index contributed by atoms with van der Waals surface area (Å²) >= 11 is 0. The van der Waals surface area contributed by atoms with Crippen LogP contribution in [0.15, 0.2) is 24.3 Å². The molecule has 20 heavy (non-hydrogen) atoms. The molecule has 2 nitrogen and oxygen atoms in total. The number of benzene rings is 1. The van der Waals surface area contributed by atoms with Crippen LogP contribution in [0.4, 0.5) is 13.2 Å². The third-order valence-corrected chi connectivity index (χ3v) is 3.72. The fraction of sp³-hybridized carbons (Fsp3) is 0.600. The van der Waals surface area contributed by atoms with Crippen LogP contribution in [0.5, 0.6) is 0 Å². The van der Waals surface area contributed by atoms with Crippen molar-refractivity contribution in [3.63, 3.8) is 0 Å². The second-order valence-corrected chi connectivity index (χ2v) is 5.22. The van der Waals surface area contributed by atoms with E-state index >= 15 is 0 Å². The van der Waals surface area contributed by atoms with Gasteiger partial charge in [-0.3, -0.25) is 0 Å². The maximum atomic E-state index is 13.0. The van der Waals surface area contributed by atoms with Gasteiger partial charge in [-0.05, 0) is 38.3 Å².